The maximum Gasteiger partial charge on any atom is 0.0501 e. The second-order valence-corrected chi connectivity index (χ2v) is 6.88. The number of ether oxygens (including phenoxy) is 1. The van der Waals surface area contributed by atoms with Crippen LogP contribution in [0, 0.1) is 18.3 Å². The van der Waals surface area contributed by atoms with Crippen molar-refractivity contribution in [1.29, 1.82) is 0 Å². The summed E-state index contributed by atoms with van der Waals surface area (Å²) in [5.74, 6) is 0.767. The number of aliphatic hydroxyl groups excluding tert-OH is 1. The minimum Gasteiger partial charge on any atom is -0.396 e. The summed E-state index contributed by atoms with van der Waals surface area (Å²) < 4.78 is 5.45. The number of hydrogen-bond acceptors (Lipinski definition) is 3. The van der Waals surface area contributed by atoms with E-state index in [0.717, 1.165) is 38.5 Å². The van der Waals surface area contributed by atoms with Crippen LogP contribution in [0.5, 0.6) is 0 Å². The standard InChI is InChI=1S/C18H27NO2/c1-14-2-4-15(5-3-14)17(16-6-7-16)19-12-18(13-20)8-10-21-11-9-18/h2-5,16-17,19-20H,6-13H2,1H3. The van der Waals surface area contributed by atoms with E-state index in [1.807, 2.05) is 0 Å². The summed E-state index contributed by atoms with van der Waals surface area (Å²) in [6.07, 6.45) is 4.56. The Morgan fingerprint density at radius 1 is 1.24 bits per heavy atom. The number of hydrogen-bond donors (Lipinski definition) is 2. The van der Waals surface area contributed by atoms with Crippen molar-refractivity contribution in [2.75, 3.05) is 26.4 Å². The second-order valence-electron chi connectivity index (χ2n) is 6.88. The van der Waals surface area contributed by atoms with Gasteiger partial charge in [0.1, 0.15) is 0 Å². The lowest BCUT2D eigenvalue weighted by Gasteiger charge is -2.37. The third-order valence-electron chi connectivity index (χ3n) is 5.12. The summed E-state index contributed by atoms with van der Waals surface area (Å²) in [6.45, 7) is 4.84. The predicted molar refractivity (Wildman–Crippen MR) is 84.2 cm³/mol. The van der Waals surface area contributed by atoms with Crippen LogP contribution in [0.15, 0.2) is 24.3 Å². The number of aryl methyl sites for hydroxylation is 1. The number of rotatable bonds is 6. The molecular formula is C18H27NO2. The van der Waals surface area contributed by atoms with Gasteiger partial charge in [-0.25, -0.2) is 0 Å². The number of nitrogens with one attached hydrogen (secondary N) is 1. The lowest BCUT2D eigenvalue weighted by atomic mass is 9.80. The molecule has 3 heteroatoms. The summed E-state index contributed by atoms with van der Waals surface area (Å²) >= 11 is 0. The second kappa shape index (κ2) is 6.47. The van der Waals surface area contributed by atoms with Crippen molar-refractivity contribution in [3.8, 4) is 0 Å². The lowest BCUT2D eigenvalue weighted by molar-refractivity contribution is -0.0168. The molecule has 0 aromatic heterocycles. The molecule has 0 amide bonds. The van der Waals surface area contributed by atoms with Gasteiger partial charge in [0.15, 0.2) is 0 Å². The third kappa shape index (κ3) is 3.65. The van der Waals surface area contributed by atoms with E-state index in [9.17, 15) is 5.11 Å². The van der Waals surface area contributed by atoms with Gasteiger partial charge in [-0.3, -0.25) is 0 Å². The molecule has 0 bridgehead atoms. The largest absolute Gasteiger partial charge is 0.396 e. The highest BCUT2D eigenvalue weighted by atomic mass is 16.5. The molecule has 2 fully saturated rings. The van der Waals surface area contributed by atoms with E-state index in [-0.39, 0.29) is 12.0 Å². The van der Waals surface area contributed by atoms with Crippen LogP contribution in [0.25, 0.3) is 0 Å². The molecule has 2 N–H and O–H groups in total. The van der Waals surface area contributed by atoms with Crippen LogP contribution in [0.3, 0.4) is 0 Å². The first kappa shape index (κ1) is 15.0. The molecule has 1 saturated heterocycles. The van der Waals surface area contributed by atoms with Gasteiger partial charge in [0, 0.05) is 31.2 Å². The molecule has 3 nitrogen and oxygen atoms in total. The third-order valence-corrected chi connectivity index (χ3v) is 5.12. The van der Waals surface area contributed by atoms with E-state index >= 15 is 0 Å². The minimum absolute atomic E-state index is 0.0100. The normalized spacial score (nSPS) is 23.0. The first-order valence-electron chi connectivity index (χ1n) is 8.21. The quantitative estimate of drug-likeness (QED) is 0.846. The average Bonchev–Trinajstić information content (AvgIpc) is 3.35. The average molecular weight is 289 g/mol. The Morgan fingerprint density at radius 2 is 1.90 bits per heavy atom. The fraction of sp³-hybridized carbons (Fsp3) is 0.667. The summed E-state index contributed by atoms with van der Waals surface area (Å²) in [7, 11) is 0. The number of benzene rings is 1. The topological polar surface area (TPSA) is 41.5 Å². The molecule has 21 heavy (non-hydrogen) atoms. The Kier molecular flexibility index (Phi) is 4.63. The van der Waals surface area contributed by atoms with Gasteiger partial charge in [0.25, 0.3) is 0 Å². The van der Waals surface area contributed by atoms with Crippen molar-refractivity contribution in [3.05, 3.63) is 35.4 Å². The van der Waals surface area contributed by atoms with E-state index in [0.29, 0.717) is 6.04 Å². The monoisotopic (exact) mass is 289 g/mol. The maximum absolute atomic E-state index is 9.82. The molecule has 1 aromatic rings. The van der Waals surface area contributed by atoms with Gasteiger partial charge in [-0.15, -0.1) is 0 Å². The van der Waals surface area contributed by atoms with Crippen LogP contribution >= 0.6 is 0 Å². The Morgan fingerprint density at radius 3 is 2.48 bits per heavy atom. The van der Waals surface area contributed by atoms with Gasteiger partial charge in [0.2, 0.25) is 0 Å². The van der Waals surface area contributed by atoms with Crippen LogP contribution in [0.4, 0.5) is 0 Å². The van der Waals surface area contributed by atoms with Gasteiger partial charge < -0.3 is 15.2 Å². The highest BCUT2D eigenvalue weighted by molar-refractivity contribution is 5.25. The highest BCUT2D eigenvalue weighted by Gasteiger charge is 2.36. The summed E-state index contributed by atoms with van der Waals surface area (Å²) in [5, 5.41) is 13.6. The van der Waals surface area contributed by atoms with E-state index < -0.39 is 0 Å². The molecule has 0 spiro atoms. The van der Waals surface area contributed by atoms with Crippen molar-refractivity contribution in [2.45, 2.75) is 38.6 Å². The molecule has 116 valence electrons. The van der Waals surface area contributed by atoms with Gasteiger partial charge in [-0.05, 0) is 44.1 Å². The molecule has 1 atom stereocenters. The molecular weight excluding hydrogens is 262 g/mol. The zero-order valence-corrected chi connectivity index (χ0v) is 13.0. The zero-order valence-electron chi connectivity index (χ0n) is 13.0. The molecule has 1 aliphatic carbocycles. The maximum atomic E-state index is 9.82. The Labute approximate surface area is 127 Å². The van der Waals surface area contributed by atoms with E-state index in [1.54, 1.807) is 0 Å². The zero-order chi connectivity index (χ0) is 14.7. The van der Waals surface area contributed by atoms with E-state index in [4.69, 9.17) is 4.74 Å². The molecule has 3 rings (SSSR count). The van der Waals surface area contributed by atoms with Crippen LogP contribution < -0.4 is 5.32 Å². The van der Waals surface area contributed by atoms with Crippen LogP contribution in [0.1, 0.15) is 42.9 Å². The highest BCUT2D eigenvalue weighted by Crippen LogP contribution is 2.42. The molecule has 1 unspecified atom stereocenters. The molecule has 1 aromatic carbocycles. The predicted octanol–water partition coefficient (Wildman–Crippen LogP) is 2.82. The van der Waals surface area contributed by atoms with Crippen LogP contribution in [-0.4, -0.2) is 31.5 Å². The SMILES string of the molecule is Cc1ccc(C(NCC2(CO)CCOCC2)C2CC2)cc1. The van der Waals surface area contributed by atoms with Crippen molar-refractivity contribution in [1.82, 2.24) is 5.32 Å². The summed E-state index contributed by atoms with van der Waals surface area (Å²) in [4.78, 5) is 0. The molecule has 1 heterocycles. The smallest absolute Gasteiger partial charge is 0.0501 e. The van der Waals surface area contributed by atoms with Crippen molar-refractivity contribution in [3.63, 3.8) is 0 Å². The summed E-state index contributed by atoms with van der Waals surface area (Å²) in [5.41, 5.74) is 2.71. The van der Waals surface area contributed by atoms with Crippen molar-refractivity contribution < 1.29 is 9.84 Å². The van der Waals surface area contributed by atoms with Crippen molar-refractivity contribution >= 4 is 0 Å². The summed E-state index contributed by atoms with van der Waals surface area (Å²) in [6, 6.07) is 9.34. The number of aliphatic hydroxyl groups is 1. The van der Waals surface area contributed by atoms with Gasteiger partial charge in [-0.1, -0.05) is 29.8 Å². The molecule has 1 saturated carbocycles. The van der Waals surface area contributed by atoms with Gasteiger partial charge in [0.05, 0.1) is 6.61 Å². The molecule has 0 radical (unpaired) electrons. The fourth-order valence-corrected chi connectivity index (χ4v) is 3.28. The lowest BCUT2D eigenvalue weighted by Crippen LogP contribution is -2.43. The Balaban J connectivity index is 1.66. The van der Waals surface area contributed by atoms with Gasteiger partial charge >= 0.3 is 0 Å². The van der Waals surface area contributed by atoms with E-state index in [2.05, 4.69) is 36.5 Å². The van der Waals surface area contributed by atoms with Crippen molar-refractivity contribution in [2.24, 2.45) is 11.3 Å². The molecule has 1 aliphatic heterocycles. The Bertz CT molecular complexity index is 447. The minimum atomic E-state index is 0.0100. The first-order valence-corrected chi connectivity index (χ1v) is 8.21. The fourth-order valence-electron chi connectivity index (χ4n) is 3.28. The first-order chi connectivity index (χ1) is 10.2. The van der Waals surface area contributed by atoms with Gasteiger partial charge in [-0.2, -0.15) is 0 Å². The van der Waals surface area contributed by atoms with E-state index in [1.165, 1.54) is 24.0 Å². The Hall–Kier alpha value is -0.900. The molecule has 2 aliphatic rings. The van der Waals surface area contributed by atoms with Crippen LogP contribution in [0.2, 0.25) is 0 Å². The van der Waals surface area contributed by atoms with Crippen LogP contribution in [-0.2, 0) is 4.74 Å².